The van der Waals surface area contributed by atoms with Crippen LogP contribution >= 0.6 is 0 Å². The fourth-order valence-corrected chi connectivity index (χ4v) is 2.40. The van der Waals surface area contributed by atoms with E-state index in [9.17, 15) is 4.79 Å². The van der Waals surface area contributed by atoms with Crippen LogP contribution < -0.4 is 11.3 Å². The average Bonchev–Trinajstić information content (AvgIpc) is 2.27. The molecule has 0 aromatic carbocycles. The Balaban J connectivity index is 2.30. The lowest BCUT2D eigenvalue weighted by Crippen LogP contribution is -2.35. The standard InChI is InChI=1S/C13H21N3O/c1-15(2)7-8-16-12-5-4-11(14)9-10(12)3-6-13(16)17/h3,6,11H,4-5,7-9,14H2,1-2H3/t11-/m1/s1. The van der Waals surface area contributed by atoms with Crippen molar-refractivity contribution in [3.8, 4) is 0 Å². The smallest absolute Gasteiger partial charge is 0.250 e. The van der Waals surface area contributed by atoms with Gasteiger partial charge >= 0.3 is 0 Å². The van der Waals surface area contributed by atoms with Crippen LogP contribution in [0.15, 0.2) is 16.9 Å². The molecule has 0 bridgehead atoms. The summed E-state index contributed by atoms with van der Waals surface area (Å²) in [6.07, 6.45) is 2.82. The molecule has 17 heavy (non-hydrogen) atoms. The van der Waals surface area contributed by atoms with E-state index in [4.69, 9.17) is 5.73 Å². The van der Waals surface area contributed by atoms with Crippen LogP contribution in [0.1, 0.15) is 17.7 Å². The first-order valence-corrected chi connectivity index (χ1v) is 6.20. The summed E-state index contributed by atoms with van der Waals surface area (Å²) in [5.74, 6) is 0. The van der Waals surface area contributed by atoms with Gasteiger partial charge in [-0.15, -0.1) is 0 Å². The van der Waals surface area contributed by atoms with Gasteiger partial charge in [-0.2, -0.15) is 0 Å². The Morgan fingerprint density at radius 1 is 1.47 bits per heavy atom. The first-order valence-electron chi connectivity index (χ1n) is 6.20. The van der Waals surface area contributed by atoms with Crippen molar-refractivity contribution in [2.45, 2.75) is 31.8 Å². The third-order valence-electron chi connectivity index (χ3n) is 3.39. The van der Waals surface area contributed by atoms with Gasteiger partial charge in [-0.1, -0.05) is 6.07 Å². The van der Waals surface area contributed by atoms with Crippen LogP contribution in [-0.4, -0.2) is 36.1 Å². The van der Waals surface area contributed by atoms with E-state index in [-0.39, 0.29) is 11.6 Å². The largest absolute Gasteiger partial charge is 0.327 e. The predicted octanol–water partition coefficient (Wildman–Crippen LogP) is 0.226. The van der Waals surface area contributed by atoms with Crippen LogP contribution in [0.5, 0.6) is 0 Å². The maximum absolute atomic E-state index is 11.9. The van der Waals surface area contributed by atoms with Gasteiger partial charge in [-0.3, -0.25) is 4.79 Å². The normalized spacial score (nSPS) is 19.4. The lowest BCUT2D eigenvalue weighted by atomic mass is 9.92. The molecule has 0 radical (unpaired) electrons. The molecule has 0 unspecified atom stereocenters. The summed E-state index contributed by atoms with van der Waals surface area (Å²) < 4.78 is 1.92. The number of likely N-dealkylation sites (N-methyl/N-ethyl adjacent to an activating group) is 1. The van der Waals surface area contributed by atoms with Gasteiger partial charge in [0.05, 0.1) is 0 Å². The minimum Gasteiger partial charge on any atom is -0.327 e. The molecule has 0 aliphatic heterocycles. The summed E-state index contributed by atoms with van der Waals surface area (Å²) in [6.45, 7) is 1.66. The lowest BCUT2D eigenvalue weighted by Gasteiger charge is -2.25. The molecule has 2 rings (SSSR count). The van der Waals surface area contributed by atoms with Crippen molar-refractivity contribution in [1.82, 2.24) is 9.47 Å². The number of hydrogen-bond acceptors (Lipinski definition) is 3. The lowest BCUT2D eigenvalue weighted by molar-refractivity contribution is 0.374. The average molecular weight is 235 g/mol. The molecule has 94 valence electrons. The van der Waals surface area contributed by atoms with Gasteiger partial charge in [0.2, 0.25) is 0 Å². The number of nitrogens with zero attached hydrogens (tertiary/aromatic N) is 2. The number of fused-ring (bicyclic) bond motifs is 1. The number of nitrogens with two attached hydrogens (primary N) is 1. The molecule has 0 fully saturated rings. The third kappa shape index (κ3) is 2.76. The molecular weight excluding hydrogens is 214 g/mol. The number of pyridine rings is 1. The van der Waals surface area contributed by atoms with E-state index in [1.165, 1.54) is 11.3 Å². The van der Waals surface area contributed by atoms with Crippen LogP contribution in [-0.2, 0) is 19.4 Å². The molecule has 1 aliphatic rings. The molecule has 1 heterocycles. The van der Waals surface area contributed by atoms with Gasteiger partial charge in [-0.25, -0.2) is 0 Å². The topological polar surface area (TPSA) is 51.3 Å². The fraction of sp³-hybridized carbons (Fsp3) is 0.615. The second-order valence-corrected chi connectivity index (χ2v) is 5.10. The second kappa shape index (κ2) is 5.02. The van der Waals surface area contributed by atoms with Crippen molar-refractivity contribution in [2.75, 3.05) is 20.6 Å². The van der Waals surface area contributed by atoms with Crippen molar-refractivity contribution in [3.63, 3.8) is 0 Å². The molecule has 0 spiro atoms. The molecule has 1 aromatic rings. The van der Waals surface area contributed by atoms with E-state index >= 15 is 0 Å². The fourth-order valence-electron chi connectivity index (χ4n) is 2.40. The second-order valence-electron chi connectivity index (χ2n) is 5.10. The zero-order chi connectivity index (χ0) is 12.4. The van der Waals surface area contributed by atoms with Gasteiger partial charge in [0, 0.05) is 30.9 Å². The van der Waals surface area contributed by atoms with Gasteiger partial charge in [0.15, 0.2) is 0 Å². The Kier molecular flexibility index (Phi) is 3.64. The number of hydrogen-bond donors (Lipinski definition) is 1. The van der Waals surface area contributed by atoms with Crippen molar-refractivity contribution in [1.29, 1.82) is 0 Å². The van der Waals surface area contributed by atoms with Crippen molar-refractivity contribution in [2.24, 2.45) is 5.73 Å². The van der Waals surface area contributed by atoms with Crippen molar-refractivity contribution in [3.05, 3.63) is 33.7 Å². The quantitative estimate of drug-likeness (QED) is 0.816. The Morgan fingerprint density at radius 2 is 2.24 bits per heavy atom. The molecule has 2 N–H and O–H groups in total. The minimum atomic E-state index is 0.112. The first kappa shape index (κ1) is 12.3. The minimum absolute atomic E-state index is 0.112. The highest BCUT2D eigenvalue weighted by molar-refractivity contribution is 5.25. The van der Waals surface area contributed by atoms with Crippen LogP contribution in [0.3, 0.4) is 0 Å². The van der Waals surface area contributed by atoms with Gasteiger partial charge in [0.1, 0.15) is 0 Å². The summed E-state index contributed by atoms with van der Waals surface area (Å²) >= 11 is 0. The van der Waals surface area contributed by atoms with Crippen LogP contribution in [0.2, 0.25) is 0 Å². The van der Waals surface area contributed by atoms with E-state index in [0.717, 1.165) is 32.4 Å². The van der Waals surface area contributed by atoms with E-state index in [0.29, 0.717) is 0 Å². The van der Waals surface area contributed by atoms with Crippen molar-refractivity contribution < 1.29 is 0 Å². The molecule has 1 aromatic heterocycles. The zero-order valence-electron chi connectivity index (χ0n) is 10.6. The van der Waals surface area contributed by atoms with E-state index in [1.807, 2.05) is 24.7 Å². The molecule has 0 saturated carbocycles. The summed E-state index contributed by atoms with van der Waals surface area (Å²) in [7, 11) is 4.05. The monoisotopic (exact) mass is 235 g/mol. The van der Waals surface area contributed by atoms with Gasteiger partial charge in [0.25, 0.3) is 5.56 Å². The molecular formula is C13H21N3O. The summed E-state index contributed by atoms with van der Waals surface area (Å²) in [5, 5.41) is 0. The van der Waals surface area contributed by atoms with Crippen LogP contribution in [0.25, 0.3) is 0 Å². The molecule has 0 amide bonds. The Bertz CT molecular complexity index is 450. The number of rotatable bonds is 3. The van der Waals surface area contributed by atoms with E-state index in [2.05, 4.69) is 4.90 Å². The molecule has 0 saturated heterocycles. The third-order valence-corrected chi connectivity index (χ3v) is 3.39. The highest BCUT2D eigenvalue weighted by Gasteiger charge is 2.18. The van der Waals surface area contributed by atoms with Crippen molar-refractivity contribution >= 4 is 0 Å². The molecule has 4 nitrogen and oxygen atoms in total. The first-order chi connectivity index (χ1) is 8.08. The highest BCUT2D eigenvalue weighted by atomic mass is 16.1. The van der Waals surface area contributed by atoms with E-state index < -0.39 is 0 Å². The summed E-state index contributed by atoms with van der Waals surface area (Å²) in [5.41, 5.74) is 8.52. The maximum Gasteiger partial charge on any atom is 0.250 e. The predicted molar refractivity (Wildman–Crippen MR) is 69.3 cm³/mol. The number of aromatic nitrogens is 1. The Hall–Kier alpha value is -1.13. The Morgan fingerprint density at radius 3 is 2.94 bits per heavy atom. The molecule has 1 aliphatic carbocycles. The molecule has 1 atom stereocenters. The van der Waals surface area contributed by atoms with Gasteiger partial charge in [-0.05, 0) is 38.9 Å². The van der Waals surface area contributed by atoms with Crippen LogP contribution in [0.4, 0.5) is 0 Å². The Labute approximate surface area is 102 Å². The summed E-state index contributed by atoms with van der Waals surface area (Å²) in [4.78, 5) is 14.0. The SMILES string of the molecule is CN(C)CCn1c2c(ccc1=O)C[C@H](N)CC2. The highest BCUT2D eigenvalue weighted by Crippen LogP contribution is 2.18. The van der Waals surface area contributed by atoms with Crippen LogP contribution in [0, 0.1) is 0 Å². The zero-order valence-corrected chi connectivity index (χ0v) is 10.6. The van der Waals surface area contributed by atoms with E-state index in [1.54, 1.807) is 6.07 Å². The van der Waals surface area contributed by atoms with Gasteiger partial charge < -0.3 is 15.2 Å². The molecule has 4 heteroatoms. The maximum atomic E-state index is 11.9. The summed E-state index contributed by atoms with van der Waals surface area (Å²) in [6, 6.07) is 3.87.